The number of alkyl halides is 3. The quantitative estimate of drug-likeness (QED) is 0.0404. The number of terminal acetylenes is 3. The number of methoxy groups -OCH3 is 1. The van der Waals surface area contributed by atoms with E-state index in [1.807, 2.05) is 6.92 Å². The summed E-state index contributed by atoms with van der Waals surface area (Å²) in [6, 6.07) is 3.35. The number of fused-ring (bicyclic) bond motifs is 1. The smallest absolute Gasteiger partial charge is 0.458 e. The number of hydrogen-bond donors (Lipinski definition) is 3. The lowest BCUT2D eigenvalue weighted by molar-refractivity contribution is -0.170. The summed E-state index contributed by atoms with van der Waals surface area (Å²) in [5.41, 5.74) is 2.16. The Morgan fingerprint density at radius 3 is 1.78 bits per heavy atom. The second kappa shape index (κ2) is 40.3. The first-order valence-electron chi connectivity index (χ1n) is 26.6. The largest absolute Gasteiger partial charge is 0.471 e. The number of nitrogens with two attached hydrogens (primary N) is 1. The molecule has 0 aliphatic heterocycles. The van der Waals surface area contributed by atoms with E-state index in [0.717, 1.165) is 24.8 Å². The van der Waals surface area contributed by atoms with Crippen LogP contribution in [-0.4, -0.2) is 187 Å². The Hall–Kier alpha value is -6.90. The molecule has 2 amide bonds. The van der Waals surface area contributed by atoms with Crippen molar-refractivity contribution in [2.45, 2.75) is 97.0 Å². The van der Waals surface area contributed by atoms with Gasteiger partial charge in [0.25, 0.3) is 11.5 Å². The van der Waals surface area contributed by atoms with Crippen LogP contribution in [0.2, 0.25) is 0 Å². The number of H-pyrrole nitrogens is 1. The number of esters is 1. The molecule has 1 atom stereocenters. The van der Waals surface area contributed by atoms with E-state index in [1.165, 1.54) is 12.1 Å². The monoisotopic (exact) mass is 1170 g/mol. The number of anilines is 2. The number of nitrogens with one attached hydrogen (secondary N) is 2. The van der Waals surface area contributed by atoms with Crippen LogP contribution in [0.5, 0.6) is 0 Å². The third kappa shape index (κ3) is 30.8. The van der Waals surface area contributed by atoms with Crippen molar-refractivity contribution in [2.24, 2.45) is 5.41 Å². The van der Waals surface area contributed by atoms with Gasteiger partial charge in [-0.3, -0.25) is 33.9 Å². The van der Waals surface area contributed by atoms with Crippen LogP contribution in [0, 0.1) is 42.4 Å². The highest BCUT2D eigenvalue weighted by Crippen LogP contribution is 2.28. The normalized spacial score (nSPS) is 11.8. The molecular formula is C57H78F3N7O16. The number of nitrogens with zero attached hydrogens (tertiary/aromatic N) is 4. The molecule has 3 aromatic rings. The average Bonchev–Trinajstić information content (AvgIpc) is 3.64. The number of carbonyl (C=O) groups excluding carboxylic acids is 5. The topological polar surface area (TPSA) is 290 Å². The molecule has 1 aromatic carbocycles. The van der Waals surface area contributed by atoms with E-state index in [2.05, 4.69) is 43.0 Å². The van der Waals surface area contributed by atoms with Crippen LogP contribution in [0.1, 0.15) is 88.7 Å². The van der Waals surface area contributed by atoms with Crippen LogP contribution in [-0.2, 0) is 73.1 Å². The van der Waals surface area contributed by atoms with E-state index in [-0.39, 0.29) is 124 Å². The van der Waals surface area contributed by atoms with Crippen molar-refractivity contribution < 1.29 is 84.5 Å². The number of carbonyl (C=O) groups is 5. The van der Waals surface area contributed by atoms with Gasteiger partial charge in [0.1, 0.15) is 43.0 Å². The van der Waals surface area contributed by atoms with Crippen molar-refractivity contribution in [1.82, 2.24) is 25.3 Å². The summed E-state index contributed by atoms with van der Waals surface area (Å²) in [5.74, 6) is 3.07. The molecule has 0 aliphatic carbocycles. The zero-order valence-electron chi connectivity index (χ0n) is 47.9. The summed E-state index contributed by atoms with van der Waals surface area (Å²) in [4.78, 5) is 90.1. The number of aromatic nitrogens is 4. The highest BCUT2D eigenvalue weighted by molar-refractivity contribution is 5.99. The fourth-order valence-electron chi connectivity index (χ4n) is 7.20. The zero-order chi connectivity index (χ0) is 61.5. The van der Waals surface area contributed by atoms with Crippen LogP contribution < -0.4 is 21.5 Å². The minimum Gasteiger partial charge on any atom is -0.458 e. The molecule has 3 rings (SSSR count). The van der Waals surface area contributed by atoms with E-state index in [1.54, 1.807) is 27.9 Å². The molecule has 0 fully saturated rings. The molecule has 4 N–H and O–H groups in total. The van der Waals surface area contributed by atoms with Gasteiger partial charge >= 0.3 is 18.1 Å². The number of ether oxygens (including phenoxy) is 10. The van der Waals surface area contributed by atoms with Gasteiger partial charge in [0, 0.05) is 62.7 Å². The maximum absolute atomic E-state index is 13.6. The fraction of sp³-hybridized carbons (Fsp3) is 0.596. The minimum atomic E-state index is -5.28. The molecule has 0 saturated heterocycles. The number of halogens is 3. The predicted molar refractivity (Wildman–Crippen MR) is 299 cm³/mol. The van der Waals surface area contributed by atoms with Gasteiger partial charge in [-0.2, -0.15) is 18.2 Å². The molecule has 0 unspecified atom stereocenters. The first kappa shape index (κ1) is 72.2. The molecule has 0 radical (unpaired) electrons. The molecule has 23 nitrogen and oxygen atoms in total. The van der Waals surface area contributed by atoms with Crippen molar-refractivity contribution in [3.63, 3.8) is 0 Å². The van der Waals surface area contributed by atoms with E-state index < -0.39 is 53.1 Å². The number of amides is 2. The van der Waals surface area contributed by atoms with E-state index in [0.29, 0.717) is 77.4 Å². The van der Waals surface area contributed by atoms with E-state index in [9.17, 15) is 41.9 Å². The Morgan fingerprint density at radius 1 is 0.723 bits per heavy atom. The second-order valence-electron chi connectivity index (χ2n) is 19.3. The summed E-state index contributed by atoms with van der Waals surface area (Å²) >= 11 is 0. The van der Waals surface area contributed by atoms with E-state index in [4.69, 9.17) is 72.4 Å². The standard InChI is InChI=1S/C31H38F3N7O7.C26H40O9/c1-5-14-47-15-6-7-21(42)12-13-22(27(45)48-30(2,3)4)38-25(43)18-8-10-20(11-9-18)41(28(46)31(32,33)34)17-19-16-36-24-23(37-19)26(44)40-29(35)39-24;1-5-9-33-22-26(23-34-10-6-2,24-35-11-7-3)21-25(27)8-12-29-15-16-31-19-20-32-18-17-30-14-13-28-4/h8-11,16,22H,5-7,12-15,17H2,1-4H3,(H,38,43)(H3,35,36,39,40,44);1-3H,8-24H2,4H3/t22-;/m0./s1. The van der Waals surface area contributed by atoms with Gasteiger partial charge < -0.3 is 58.4 Å². The van der Waals surface area contributed by atoms with Gasteiger partial charge in [-0.15, -0.1) is 19.3 Å². The zero-order valence-corrected chi connectivity index (χ0v) is 47.9. The molecule has 26 heteroatoms. The van der Waals surface area contributed by atoms with Crippen molar-refractivity contribution in [3.8, 4) is 37.0 Å². The molecular weight excluding hydrogens is 1100 g/mol. The highest BCUT2D eigenvalue weighted by atomic mass is 19.4. The van der Waals surface area contributed by atoms with Gasteiger partial charge in [0.2, 0.25) is 5.95 Å². The molecule has 2 heterocycles. The lowest BCUT2D eigenvalue weighted by Crippen LogP contribution is -2.44. The van der Waals surface area contributed by atoms with Crippen molar-refractivity contribution in [3.05, 3.63) is 52.1 Å². The van der Waals surface area contributed by atoms with Gasteiger partial charge in [-0.05, 0) is 64.3 Å². The summed E-state index contributed by atoms with van der Waals surface area (Å²) < 4.78 is 94.6. The van der Waals surface area contributed by atoms with Gasteiger partial charge in [0.15, 0.2) is 11.2 Å². The molecule has 0 bridgehead atoms. The Bertz CT molecular complexity index is 2580. The number of ketones is 2. The lowest BCUT2D eigenvalue weighted by Gasteiger charge is -2.32. The Balaban J connectivity index is 0.000000598. The van der Waals surface area contributed by atoms with Gasteiger partial charge in [-0.1, -0.05) is 24.7 Å². The van der Waals surface area contributed by atoms with Crippen LogP contribution in [0.3, 0.4) is 0 Å². The Morgan fingerprint density at radius 2 is 1.27 bits per heavy atom. The molecule has 0 spiro atoms. The number of benzene rings is 1. The fourth-order valence-corrected chi connectivity index (χ4v) is 7.20. The minimum absolute atomic E-state index is 0.0155. The molecule has 83 heavy (non-hydrogen) atoms. The SMILES string of the molecule is C#CCOCC(COCC#C)(COCC#C)CC(=O)CCOCCOCCOCCOCCOC.CCCOCCCC(=O)CC[C@H](NC(=O)c1ccc(N(Cc2cnc3nc(N)[nH]c(=O)c3n2)C(=O)C(F)(F)F)cc1)C(=O)OC(C)(C)C. The van der Waals surface area contributed by atoms with Crippen molar-refractivity contribution in [1.29, 1.82) is 0 Å². The molecule has 0 saturated carbocycles. The third-order valence-electron chi connectivity index (χ3n) is 11.0. The van der Waals surface area contributed by atoms with Crippen LogP contribution in [0.4, 0.5) is 24.8 Å². The predicted octanol–water partition coefficient (Wildman–Crippen LogP) is 4.37. The maximum atomic E-state index is 13.6. The summed E-state index contributed by atoms with van der Waals surface area (Å²) in [6.07, 6.45) is 13.5. The number of Topliss-reactive ketones (excluding diaryl/α,β-unsaturated/α-hetero) is 2. The Kier molecular flexibility index (Phi) is 35.1. The summed E-state index contributed by atoms with van der Waals surface area (Å²) in [7, 11) is 1.63. The van der Waals surface area contributed by atoms with Crippen molar-refractivity contribution >= 4 is 52.1 Å². The van der Waals surface area contributed by atoms with Crippen LogP contribution >= 0.6 is 0 Å². The van der Waals surface area contributed by atoms with Crippen LogP contribution in [0.25, 0.3) is 11.2 Å². The summed E-state index contributed by atoms with van der Waals surface area (Å²) in [5, 5.41) is 2.54. The number of hydrogen-bond acceptors (Lipinski definition) is 20. The molecule has 458 valence electrons. The molecule has 0 aliphatic rings. The highest BCUT2D eigenvalue weighted by Gasteiger charge is 2.43. The number of nitrogen functional groups attached to an aromatic ring is 1. The van der Waals surface area contributed by atoms with Crippen molar-refractivity contribution in [2.75, 3.05) is 130 Å². The lowest BCUT2D eigenvalue weighted by atomic mass is 9.84. The summed E-state index contributed by atoms with van der Waals surface area (Å²) in [6.45, 7) is 12.2. The third-order valence-corrected chi connectivity index (χ3v) is 11.0. The maximum Gasteiger partial charge on any atom is 0.471 e. The first-order chi connectivity index (χ1) is 39.6. The average molecular weight is 1170 g/mol. The number of aromatic amines is 1. The first-order valence-corrected chi connectivity index (χ1v) is 26.6. The van der Waals surface area contributed by atoms with Gasteiger partial charge in [-0.25, -0.2) is 14.8 Å². The van der Waals surface area contributed by atoms with Crippen LogP contribution in [0.15, 0.2) is 35.3 Å². The molecule has 2 aromatic heterocycles. The second-order valence-corrected chi connectivity index (χ2v) is 19.3. The number of rotatable bonds is 41. The van der Waals surface area contributed by atoms with Gasteiger partial charge in [0.05, 0.1) is 97.7 Å². The Labute approximate surface area is 482 Å². The van der Waals surface area contributed by atoms with E-state index >= 15 is 0 Å².